The van der Waals surface area contributed by atoms with Gasteiger partial charge < -0.3 is 10.0 Å². The summed E-state index contributed by atoms with van der Waals surface area (Å²) in [6, 6.07) is 9.31. The van der Waals surface area contributed by atoms with Crippen LogP contribution >= 0.6 is 0 Å². The van der Waals surface area contributed by atoms with Gasteiger partial charge in [0, 0.05) is 18.4 Å². The largest absolute Gasteiger partial charge is 0.477 e. The Bertz CT molecular complexity index is 626. The molecule has 0 atom stereocenters. The van der Waals surface area contributed by atoms with E-state index in [2.05, 4.69) is 9.97 Å². The van der Waals surface area contributed by atoms with Crippen LogP contribution in [0, 0.1) is 13.8 Å². The Balaban J connectivity index is 2.43. The molecular formula is C14H15N3O2. The summed E-state index contributed by atoms with van der Waals surface area (Å²) < 4.78 is 0. The Hall–Kier alpha value is -2.43. The molecule has 19 heavy (non-hydrogen) atoms. The first-order valence-corrected chi connectivity index (χ1v) is 5.87. The third-order valence-corrected chi connectivity index (χ3v) is 2.75. The van der Waals surface area contributed by atoms with Crippen LogP contribution in [0.5, 0.6) is 0 Å². The van der Waals surface area contributed by atoms with Crippen LogP contribution in [0.1, 0.15) is 21.7 Å². The van der Waals surface area contributed by atoms with Crippen molar-refractivity contribution in [2.24, 2.45) is 0 Å². The van der Waals surface area contributed by atoms with Crippen LogP contribution in [0.25, 0.3) is 0 Å². The van der Waals surface area contributed by atoms with Crippen molar-refractivity contribution in [1.82, 2.24) is 9.97 Å². The maximum absolute atomic E-state index is 11.0. The second-order valence-corrected chi connectivity index (χ2v) is 4.40. The average molecular weight is 257 g/mol. The van der Waals surface area contributed by atoms with E-state index in [1.165, 1.54) is 6.07 Å². The minimum atomic E-state index is -1.05. The average Bonchev–Trinajstić information content (AvgIpc) is 2.37. The minimum absolute atomic E-state index is 0.00185. The van der Waals surface area contributed by atoms with Gasteiger partial charge in [-0.3, -0.25) is 0 Å². The van der Waals surface area contributed by atoms with Crippen molar-refractivity contribution in [2.45, 2.75) is 13.8 Å². The van der Waals surface area contributed by atoms with E-state index in [0.717, 1.165) is 11.3 Å². The SMILES string of the molecule is Cc1cccc(N(C)c2nc(C)cc(C(=O)O)n2)c1. The number of anilines is 2. The molecule has 0 fully saturated rings. The Morgan fingerprint density at radius 3 is 2.58 bits per heavy atom. The van der Waals surface area contributed by atoms with E-state index >= 15 is 0 Å². The van der Waals surface area contributed by atoms with Crippen LogP contribution in [0.15, 0.2) is 30.3 Å². The molecule has 0 radical (unpaired) electrons. The summed E-state index contributed by atoms with van der Waals surface area (Å²) in [5, 5.41) is 9.02. The van der Waals surface area contributed by atoms with E-state index in [9.17, 15) is 4.79 Å². The number of nitrogens with zero attached hydrogens (tertiary/aromatic N) is 3. The van der Waals surface area contributed by atoms with Crippen LogP contribution in [0.2, 0.25) is 0 Å². The zero-order valence-electron chi connectivity index (χ0n) is 11.1. The molecule has 5 heteroatoms. The summed E-state index contributed by atoms with van der Waals surface area (Å²) in [5.41, 5.74) is 2.67. The van der Waals surface area contributed by atoms with Crippen LogP contribution in [-0.4, -0.2) is 28.1 Å². The molecule has 0 amide bonds. The molecule has 0 spiro atoms. The summed E-state index contributed by atoms with van der Waals surface area (Å²) >= 11 is 0. The first kappa shape index (κ1) is 13.0. The zero-order valence-corrected chi connectivity index (χ0v) is 11.1. The predicted octanol–water partition coefficient (Wildman–Crippen LogP) is 2.56. The smallest absolute Gasteiger partial charge is 0.354 e. The highest BCUT2D eigenvalue weighted by atomic mass is 16.4. The van der Waals surface area contributed by atoms with E-state index in [4.69, 9.17) is 5.11 Å². The third-order valence-electron chi connectivity index (χ3n) is 2.75. The number of hydrogen-bond acceptors (Lipinski definition) is 4. The van der Waals surface area contributed by atoms with Crippen molar-refractivity contribution in [3.63, 3.8) is 0 Å². The van der Waals surface area contributed by atoms with Crippen LogP contribution < -0.4 is 4.90 Å². The Labute approximate surface area is 111 Å². The molecule has 0 unspecified atom stereocenters. The summed E-state index contributed by atoms with van der Waals surface area (Å²) in [5.74, 6) is -0.674. The van der Waals surface area contributed by atoms with Gasteiger partial charge in [-0.2, -0.15) is 0 Å². The Kier molecular flexibility index (Phi) is 3.46. The molecule has 1 aromatic carbocycles. The zero-order chi connectivity index (χ0) is 14.0. The molecule has 0 bridgehead atoms. The van der Waals surface area contributed by atoms with Gasteiger partial charge in [-0.15, -0.1) is 0 Å². The van der Waals surface area contributed by atoms with Crippen LogP contribution in [0.4, 0.5) is 11.6 Å². The number of carboxylic acid groups (broad SMARTS) is 1. The van der Waals surface area contributed by atoms with E-state index in [1.807, 2.05) is 38.2 Å². The number of carboxylic acids is 1. The third kappa shape index (κ3) is 2.88. The molecule has 0 saturated carbocycles. The maximum Gasteiger partial charge on any atom is 0.354 e. The van der Waals surface area contributed by atoms with E-state index < -0.39 is 5.97 Å². The molecular weight excluding hydrogens is 242 g/mol. The van der Waals surface area contributed by atoms with Crippen molar-refractivity contribution in [3.8, 4) is 0 Å². The van der Waals surface area contributed by atoms with Crippen molar-refractivity contribution in [1.29, 1.82) is 0 Å². The summed E-state index contributed by atoms with van der Waals surface area (Å²) in [6.07, 6.45) is 0. The molecule has 0 saturated heterocycles. The maximum atomic E-state index is 11.0. The van der Waals surface area contributed by atoms with Gasteiger partial charge in [0.05, 0.1) is 0 Å². The highest BCUT2D eigenvalue weighted by molar-refractivity contribution is 5.85. The second kappa shape index (κ2) is 5.06. The number of aromatic carboxylic acids is 1. The highest BCUT2D eigenvalue weighted by Crippen LogP contribution is 2.21. The molecule has 1 aromatic heterocycles. The number of benzene rings is 1. The first-order chi connectivity index (χ1) is 8.97. The molecule has 2 aromatic rings. The highest BCUT2D eigenvalue weighted by Gasteiger charge is 2.12. The molecule has 0 aliphatic rings. The van der Waals surface area contributed by atoms with Gasteiger partial charge in [-0.25, -0.2) is 14.8 Å². The normalized spacial score (nSPS) is 10.3. The van der Waals surface area contributed by atoms with Gasteiger partial charge in [-0.1, -0.05) is 12.1 Å². The van der Waals surface area contributed by atoms with Gasteiger partial charge in [0.2, 0.25) is 5.95 Å². The lowest BCUT2D eigenvalue weighted by Gasteiger charge is -2.18. The topological polar surface area (TPSA) is 66.3 Å². The number of rotatable bonds is 3. The van der Waals surface area contributed by atoms with Gasteiger partial charge in [0.25, 0.3) is 0 Å². The predicted molar refractivity (Wildman–Crippen MR) is 73.0 cm³/mol. The van der Waals surface area contributed by atoms with Gasteiger partial charge in [0.15, 0.2) is 5.69 Å². The van der Waals surface area contributed by atoms with Crippen molar-refractivity contribution < 1.29 is 9.90 Å². The van der Waals surface area contributed by atoms with Crippen molar-refractivity contribution in [2.75, 3.05) is 11.9 Å². The molecule has 0 aliphatic heterocycles. The number of carbonyl (C=O) groups is 1. The van der Waals surface area contributed by atoms with E-state index in [0.29, 0.717) is 11.6 Å². The van der Waals surface area contributed by atoms with Crippen LogP contribution in [-0.2, 0) is 0 Å². The van der Waals surface area contributed by atoms with Crippen LogP contribution in [0.3, 0.4) is 0 Å². The van der Waals surface area contributed by atoms with Gasteiger partial charge in [-0.05, 0) is 37.6 Å². The van der Waals surface area contributed by atoms with E-state index in [1.54, 1.807) is 11.8 Å². The minimum Gasteiger partial charge on any atom is -0.477 e. The second-order valence-electron chi connectivity index (χ2n) is 4.40. The molecule has 1 heterocycles. The monoisotopic (exact) mass is 257 g/mol. The van der Waals surface area contributed by atoms with Gasteiger partial charge in [0.1, 0.15) is 0 Å². The summed E-state index contributed by atoms with van der Waals surface area (Å²) in [4.78, 5) is 21.1. The fraction of sp³-hybridized carbons (Fsp3) is 0.214. The van der Waals surface area contributed by atoms with E-state index in [-0.39, 0.29) is 5.69 Å². The fourth-order valence-electron chi connectivity index (χ4n) is 1.76. The molecule has 1 N–H and O–H groups in total. The Morgan fingerprint density at radius 2 is 1.95 bits per heavy atom. The van der Waals surface area contributed by atoms with Gasteiger partial charge >= 0.3 is 5.97 Å². The fourth-order valence-corrected chi connectivity index (χ4v) is 1.76. The lowest BCUT2D eigenvalue weighted by atomic mass is 10.2. The van der Waals surface area contributed by atoms with Crippen molar-refractivity contribution in [3.05, 3.63) is 47.3 Å². The lowest BCUT2D eigenvalue weighted by molar-refractivity contribution is 0.0690. The number of hydrogen-bond donors (Lipinski definition) is 1. The molecule has 98 valence electrons. The molecule has 0 aliphatic carbocycles. The molecule has 5 nitrogen and oxygen atoms in total. The summed E-state index contributed by atoms with van der Waals surface area (Å²) in [6.45, 7) is 3.75. The van der Waals surface area contributed by atoms with Crippen molar-refractivity contribution >= 4 is 17.6 Å². The standard InChI is InChI=1S/C14H15N3O2/c1-9-5-4-6-11(7-9)17(3)14-15-10(2)8-12(16-14)13(18)19/h4-8H,1-3H3,(H,18,19). The lowest BCUT2D eigenvalue weighted by Crippen LogP contribution is -2.16. The quantitative estimate of drug-likeness (QED) is 0.915. The summed E-state index contributed by atoms with van der Waals surface area (Å²) in [7, 11) is 1.81. The Morgan fingerprint density at radius 1 is 1.21 bits per heavy atom. The number of aromatic nitrogens is 2. The molecule has 2 rings (SSSR count). The first-order valence-electron chi connectivity index (χ1n) is 5.87. The number of aryl methyl sites for hydroxylation is 2.